The number of rotatable bonds is 5. The molecule has 0 aromatic heterocycles. The van der Waals surface area contributed by atoms with Gasteiger partial charge in [0.05, 0.1) is 6.42 Å². The number of hydrogen-bond acceptors (Lipinski definition) is 3. The molecule has 3 N–H and O–H groups in total. The fourth-order valence-electron chi connectivity index (χ4n) is 4.17. The van der Waals surface area contributed by atoms with Gasteiger partial charge >= 0.3 is 0 Å². The molecule has 6 heteroatoms. The summed E-state index contributed by atoms with van der Waals surface area (Å²) < 4.78 is 0. The molecule has 0 atom stereocenters. The number of anilines is 1. The lowest BCUT2D eigenvalue weighted by atomic mass is 9.95. The summed E-state index contributed by atoms with van der Waals surface area (Å²) in [6.45, 7) is 0. The minimum atomic E-state index is -0.178. The molecule has 4 rings (SSSR count). The zero-order valence-corrected chi connectivity index (χ0v) is 18.7. The van der Waals surface area contributed by atoms with Gasteiger partial charge in [0.15, 0.2) is 5.11 Å². The van der Waals surface area contributed by atoms with Gasteiger partial charge in [0, 0.05) is 17.3 Å². The summed E-state index contributed by atoms with van der Waals surface area (Å²) in [7, 11) is 0. The maximum atomic E-state index is 12.5. The number of hydrogen-bond donors (Lipinski definition) is 3. The Kier molecular flexibility index (Phi) is 7.12. The fraction of sp³-hybridized carbons (Fsp3) is 0.269. The normalized spacial score (nSPS) is 14.0. The molecular formula is C26H27N3O2S. The minimum absolute atomic E-state index is 0.0468. The lowest BCUT2D eigenvalue weighted by Gasteiger charge is -2.22. The van der Waals surface area contributed by atoms with Gasteiger partial charge in [-0.2, -0.15) is 0 Å². The van der Waals surface area contributed by atoms with E-state index in [9.17, 15) is 9.59 Å². The van der Waals surface area contributed by atoms with Crippen molar-refractivity contribution in [1.82, 2.24) is 10.6 Å². The van der Waals surface area contributed by atoms with Crippen LogP contribution in [0.5, 0.6) is 0 Å². The first-order valence-electron chi connectivity index (χ1n) is 11.1. The van der Waals surface area contributed by atoms with Crippen LogP contribution in [0.25, 0.3) is 10.8 Å². The number of fused-ring (bicyclic) bond motifs is 1. The van der Waals surface area contributed by atoms with Crippen LogP contribution in [0.15, 0.2) is 66.7 Å². The summed E-state index contributed by atoms with van der Waals surface area (Å²) in [5.74, 6) is -0.225. The van der Waals surface area contributed by atoms with E-state index < -0.39 is 0 Å². The Labute approximate surface area is 193 Å². The highest BCUT2D eigenvalue weighted by Gasteiger charge is 2.16. The number of benzene rings is 3. The van der Waals surface area contributed by atoms with Gasteiger partial charge in [0.25, 0.3) is 5.91 Å². The second kappa shape index (κ2) is 10.4. The van der Waals surface area contributed by atoms with Gasteiger partial charge < -0.3 is 16.0 Å². The first-order chi connectivity index (χ1) is 15.6. The Balaban J connectivity index is 1.29. The maximum absolute atomic E-state index is 12.5. The van der Waals surface area contributed by atoms with E-state index in [1.54, 1.807) is 24.3 Å². The van der Waals surface area contributed by atoms with Crippen LogP contribution in [0.4, 0.5) is 5.69 Å². The first-order valence-corrected chi connectivity index (χ1v) is 11.5. The Morgan fingerprint density at radius 1 is 0.875 bits per heavy atom. The monoisotopic (exact) mass is 445 g/mol. The van der Waals surface area contributed by atoms with Crippen molar-refractivity contribution in [2.75, 3.05) is 5.32 Å². The number of carbonyl (C=O) groups excluding carboxylic acids is 2. The van der Waals surface area contributed by atoms with Crippen molar-refractivity contribution < 1.29 is 9.59 Å². The largest absolute Gasteiger partial charge is 0.349 e. The Hall–Kier alpha value is -3.25. The highest BCUT2D eigenvalue weighted by atomic mass is 32.1. The third-order valence-electron chi connectivity index (χ3n) is 5.83. The van der Waals surface area contributed by atoms with Crippen LogP contribution in [0.2, 0.25) is 0 Å². The standard InChI is InChI=1S/C26H27N3O2S/c30-24(17-20-9-6-8-18-7-4-5-12-23(18)20)29-26(32)28-22-15-13-19(14-16-22)25(31)27-21-10-2-1-3-11-21/h4-9,12-16,21H,1-3,10-11,17H2,(H,27,31)(H2,28,29,30,32). The molecule has 3 aromatic carbocycles. The SMILES string of the molecule is O=C(Cc1cccc2ccccc12)NC(=S)Nc1ccc(C(=O)NC2CCCCC2)cc1. The second-order valence-corrected chi connectivity index (χ2v) is 8.61. The summed E-state index contributed by atoms with van der Waals surface area (Å²) >= 11 is 5.29. The molecular weight excluding hydrogens is 418 g/mol. The lowest BCUT2D eigenvalue weighted by Crippen LogP contribution is -2.36. The van der Waals surface area contributed by atoms with Crippen LogP contribution in [-0.2, 0) is 11.2 Å². The number of nitrogens with one attached hydrogen (secondary N) is 3. The van der Waals surface area contributed by atoms with Crippen molar-refractivity contribution >= 4 is 45.6 Å². The van der Waals surface area contributed by atoms with E-state index in [2.05, 4.69) is 16.0 Å². The zero-order chi connectivity index (χ0) is 22.3. The molecule has 2 amide bonds. The molecule has 1 aliphatic carbocycles. The molecule has 1 saturated carbocycles. The molecule has 3 aromatic rings. The van der Waals surface area contributed by atoms with Crippen LogP contribution < -0.4 is 16.0 Å². The summed E-state index contributed by atoms with van der Waals surface area (Å²) in [4.78, 5) is 24.9. The van der Waals surface area contributed by atoms with Gasteiger partial charge in [-0.15, -0.1) is 0 Å². The number of thiocarbonyl (C=S) groups is 1. The highest BCUT2D eigenvalue weighted by molar-refractivity contribution is 7.80. The van der Waals surface area contributed by atoms with Crippen molar-refractivity contribution in [1.29, 1.82) is 0 Å². The molecule has 1 fully saturated rings. The van der Waals surface area contributed by atoms with Crippen LogP contribution in [-0.4, -0.2) is 23.0 Å². The van der Waals surface area contributed by atoms with Gasteiger partial charge in [-0.1, -0.05) is 61.7 Å². The Morgan fingerprint density at radius 3 is 2.38 bits per heavy atom. The van der Waals surface area contributed by atoms with Crippen molar-refractivity contribution in [3.8, 4) is 0 Å². The van der Waals surface area contributed by atoms with E-state index in [1.807, 2.05) is 42.5 Å². The van der Waals surface area contributed by atoms with Crippen molar-refractivity contribution in [3.63, 3.8) is 0 Å². The molecule has 0 radical (unpaired) electrons. The Bertz CT molecular complexity index is 1120. The molecule has 0 spiro atoms. The summed E-state index contributed by atoms with van der Waals surface area (Å²) in [5, 5.41) is 11.3. The van der Waals surface area contributed by atoms with E-state index in [0.29, 0.717) is 5.56 Å². The average Bonchev–Trinajstić information content (AvgIpc) is 2.80. The zero-order valence-electron chi connectivity index (χ0n) is 17.9. The molecule has 0 aliphatic heterocycles. The predicted molar refractivity (Wildman–Crippen MR) is 133 cm³/mol. The fourth-order valence-corrected chi connectivity index (χ4v) is 4.41. The van der Waals surface area contributed by atoms with E-state index in [0.717, 1.165) is 34.9 Å². The topological polar surface area (TPSA) is 70.2 Å². The van der Waals surface area contributed by atoms with Crippen molar-refractivity contribution in [2.24, 2.45) is 0 Å². The van der Waals surface area contributed by atoms with Crippen LogP contribution >= 0.6 is 12.2 Å². The molecule has 0 bridgehead atoms. The van der Waals surface area contributed by atoms with Gasteiger partial charge in [-0.05, 0) is 65.7 Å². The lowest BCUT2D eigenvalue weighted by molar-refractivity contribution is -0.119. The van der Waals surface area contributed by atoms with Crippen LogP contribution in [0.3, 0.4) is 0 Å². The molecule has 1 aliphatic rings. The van der Waals surface area contributed by atoms with Gasteiger partial charge in [0.1, 0.15) is 0 Å². The molecule has 0 saturated heterocycles. The molecule has 32 heavy (non-hydrogen) atoms. The maximum Gasteiger partial charge on any atom is 0.251 e. The minimum Gasteiger partial charge on any atom is -0.349 e. The molecule has 5 nitrogen and oxygen atoms in total. The van der Waals surface area contributed by atoms with E-state index in [-0.39, 0.29) is 29.4 Å². The second-order valence-electron chi connectivity index (χ2n) is 8.20. The molecule has 164 valence electrons. The highest BCUT2D eigenvalue weighted by Crippen LogP contribution is 2.19. The summed E-state index contributed by atoms with van der Waals surface area (Å²) in [6, 6.07) is 21.3. The Morgan fingerprint density at radius 2 is 1.59 bits per heavy atom. The summed E-state index contributed by atoms with van der Waals surface area (Å²) in [5.41, 5.74) is 2.29. The number of amides is 2. The third kappa shape index (κ3) is 5.71. The van der Waals surface area contributed by atoms with Gasteiger partial charge in [0.2, 0.25) is 5.91 Å². The average molecular weight is 446 g/mol. The van der Waals surface area contributed by atoms with Crippen molar-refractivity contribution in [2.45, 2.75) is 44.6 Å². The molecule has 0 heterocycles. The number of carbonyl (C=O) groups is 2. The molecule has 0 unspecified atom stereocenters. The van der Waals surface area contributed by atoms with E-state index >= 15 is 0 Å². The predicted octanol–water partition coefficient (Wildman–Crippen LogP) is 4.96. The van der Waals surface area contributed by atoms with Crippen LogP contribution in [0, 0.1) is 0 Å². The van der Waals surface area contributed by atoms with E-state index in [1.165, 1.54) is 19.3 Å². The smallest absolute Gasteiger partial charge is 0.251 e. The van der Waals surface area contributed by atoms with Crippen molar-refractivity contribution in [3.05, 3.63) is 77.9 Å². The first kappa shape index (κ1) is 22.0. The van der Waals surface area contributed by atoms with Crippen LogP contribution in [0.1, 0.15) is 48.0 Å². The van der Waals surface area contributed by atoms with E-state index in [4.69, 9.17) is 12.2 Å². The quantitative estimate of drug-likeness (QED) is 0.486. The summed E-state index contributed by atoms with van der Waals surface area (Å²) in [6.07, 6.45) is 5.96. The van der Waals surface area contributed by atoms with Gasteiger partial charge in [-0.25, -0.2) is 0 Å². The van der Waals surface area contributed by atoms with Gasteiger partial charge in [-0.3, -0.25) is 9.59 Å². The third-order valence-corrected chi connectivity index (χ3v) is 6.03.